The second kappa shape index (κ2) is 7.28. The third-order valence-corrected chi connectivity index (χ3v) is 4.81. The number of aromatic nitrogens is 1. The molecule has 25 heavy (non-hydrogen) atoms. The number of methoxy groups -OCH3 is 1. The lowest BCUT2D eigenvalue weighted by atomic mass is 9.97. The third-order valence-electron chi connectivity index (χ3n) is 4.57. The van der Waals surface area contributed by atoms with Crippen molar-refractivity contribution in [3.8, 4) is 0 Å². The van der Waals surface area contributed by atoms with Gasteiger partial charge in [0.05, 0.1) is 23.2 Å². The van der Waals surface area contributed by atoms with Crippen molar-refractivity contribution in [2.24, 2.45) is 0 Å². The van der Waals surface area contributed by atoms with Crippen LogP contribution in [0, 0.1) is 0 Å². The number of fused-ring (bicyclic) bond motifs is 1. The Bertz CT molecular complexity index is 784. The van der Waals surface area contributed by atoms with Gasteiger partial charge in [-0.1, -0.05) is 11.6 Å². The van der Waals surface area contributed by atoms with E-state index in [0.717, 1.165) is 29.4 Å². The minimum absolute atomic E-state index is 0.0314. The van der Waals surface area contributed by atoms with Crippen LogP contribution in [0.4, 0.5) is 0 Å². The molecule has 1 amide bonds. The van der Waals surface area contributed by atoms with Gasteiger partial charge in [0, 0.05) is 35.7 Å². The molecule has 1 aliphatic carbocycles. The molecule has 1 saturated carbocycles. The first kappa shape index (κ1) is 18.1. The van der Waals surface area contributed by atoms with Crippen molar-refractivity contribution in [3.63, 3.8) is 0 Å². The number of halogens is 1. The third kappa shape index (κ3) is 4.11. The lowest BCUT2D eigenvalue weighted by Gasteiger charge is -2.29. The van der Waals surface area contributed by atoms with Crippen molar-refractivity contribution >= 4 is 28.4 Å². The predicted molar refractivity (Wildman–Crippen MR) is 98.2 cm³/mol. The summed E-state index contributed by atoms with van der Waals surface area (Å²) in [6, 6.07) is 7.28. The van der Waals surface area contributed by atoms with Gasteiger partial charge >= 0.3 is 0 Å². The molecule has 1 aromatic heterocycles. The molecule has 6 heteroatoms. The molecule has 0 spiro atoms. The van der Waals surface area contributed by atoms with Crippen LogP contribution in [0.5, 0.6) is 0 Å². The van der Waals surface area contributed by atoms with Crippen molar-refractivity contribution in [3.05, 3.63) is 40.5 Å². The van der Waals surface area contributed by atoms with Crippen LogP contribution >= 0.6 is 11.6 Å². The topological polar surface area (TPSA) is 71.5 Å². The highest BCUT2D eigenvalue weighted by Gasteiger charge is 2.30. The number of amides is 1. The smallest absolute Gasteiger partial charge is 0.252 e. The molecular weight excluding hydrogens is 340 g/mol. The molecule has 1 aromatic carbocycles. The van der Waals surface area contributed by atoms with Gasteiger partial charge in [-0.2, -0.15) is 0 Å². The lowest BCUT2D eigenvalue weighted by molar-refractivity contribution is 0.0727. The Balaban J connectivity index is 2.00. The standard InChI is InChI=1S/C19H23ClN2O3/c1-19(7-8-23,11-25-2)22-18(24)15-10-17(12-3-4-12)21-16-6-5-13(20)9-14(15)16/h5-6,9-10,12,23H,3-4,7-8,11H2,1-2H3,(H,22,24). The normalized spacial score (nSPS) is 16.6. The molecule has 1 heterocycles. The molecule has 0 bridgehead atoms. The largest absolute Gasteiger partial charge is 0.396 e. The first-order valence-electron chi connectivity index (χ1n) is 8.48. The zero-order valence-electron chi connectivity index (χ0n) is 14.5. The highest BCUT2D eigenvalue weighted by atomic mass is 35.5. The summed E-state index contributed by atoms with van der Waals surface area (Å²) in [6.45, 7) is 2.15. The minimum atomic E-state index is -0.644. The Morgan fingerprint density at radius 2 is 2.20 bits per heavy atom. The summed E-state index contributed by atoms with van der Waals surface area (Å²) in [5.41, 5.74) is 1.65. The maximum atomic E-state index is 13.0. The Labute approximate surface area is 152 Å². The molecule has 3 rings (SSSR count). The van der Waals surface area contributed by atoms with Gasteiger partial charge in [0.1, 0.15) is 0 Å². The van der Waals surface area contributed by atoms with Gasteiger partial charge in [-0.3, -0.25) is 9.78 Å². The van der Waals surface area contributed by atoms with Crippen LogP contribution in [-0.4, -0.2) is 41.9 Å². The summed E-state index contributed by atoms with van der Waals surface area (Å²) in [5, 5.41) is 13.6. The SMILES string of the molecule is COCC(C)(CCO)NC(=O)c1cc(C2CC2)nc2ccc(Cl)cc12. The maximum absolute atomic E-state index is 13.0. The van der Waals surface area contributed by atoms with E-state index in [1.807, 2.05) is 19.1 Å². The van der Waals surface area contributed by atoms with E-state index in [1.54, 1.807) is 19.2 Å². The first-order chi connectivity index (χ1) is 12.0. The van der Waals surface area contributed by atoms with Crippen molar-refractivity contribution in [2.45, 2.75) is 37.6 Å². The number of nitrogens with one attached hydrogen (secondary N) is 1. The fraction of sp³-hybridized carbons (Fsp3) is 0.474. The summed E-state index contributed by atoms with van der Waals surface area (Å²) >= 11 is 6.13. The molecule has 0 radical (unpaired) electrons. The van der Waals surface area contributed by atoms with Gasteiger partial charge in [0.15, 0.2) is 0 Å². The van der Waals surface area contributed by atoms with Gasteiger partial charge in [0.25, 0.3) is 5.91 Å². The molecule has 0 saturated heterocycles. The summed E-state index contributed by atoms with van der Waals surface area (Å²) in [7, 11) is 1.58. The second-order valence-electron chi connectivity index (χ2n) is 6.95. The number of aliphatic hydroxyl groups is 1. The van der Waals surface area contributed by atoms with E-state index in [2.05, 4.69) is 10.3 Å². The number of rotatable bonds is 7. The van der Waals surface area contributed by atoms with Crippen molar-refractivity contribution in [1.82, 2.24) is 10.3 Å². The number of aliphatic hydroxyl groups excluding tert-OH is 1. The van der Waals surface area contributed by atoms with E-state index in [9.17, 15) is 9.90 Å². The van der Waals surface area contributed by atoms with E-state index in [0.29, 0.717) is 29.5 Å². The summed E-state index contributed by atoms with van der Waals surface area (Å²) in [6.07, 6.45) is 2.63. The van der Waals surface area contributed by atoms with Gasteiger partial charge in [-0.15, -0.1) is 0 Å². The van der Waals surface area contributed by atoms with Gasteiger partial charge in [-0.05, 0) is 50.5 Å². The number of nitrogens with zero attached hydrogens (tertiary/aromatic N) is 1. The molecule has 1 fully saturated rings. The van der Waals surface area contributed by atoms with Crippen LogP contribution in [0.15, 0.2) is 24.3 Å². The van der Waals surface area contributed by atoms with Crippen molar-refractivity contribution in [2.75, 3.05) is 20.3 Å². The van der Waals surface area contributed by atoms with Gasteiger partial charge in [0.2, 0.25) is 0 Å². The van der Waals surface area contributed by atoms with Crippen LogP contribution in [-0.2, 0) is 4.74 Å². The molecule has 5 nitrogen and oxygen atoms in total. The molecule has 134 valence electrons. The average molecular weight is 363 g/mol. The molecular formula is C19H23ClN2O3. The van der Waals surface area contributed by atoms with Crippen LogP contribution in [0.1, 0.15) is 48.2 Å². The Morgan fingerprint density at radius 1 is 1.44 bits per heavy atom. The molecule has 1 atom stereocenters. The summed E-state index contributed by atoms with van der Waals surface area (Å²) < 4.78 is 5.22. The number of ether oxygens (including phenoxy) is 1. The highest BCUT2D eigenvalue weighted by Crippen LogP contribution is 2.40. The number of hydrogen-bond donors (Lipinski definition) is 2. The zero-order valence-corrected chi connectivity index (χ0v) is 15.3. The monoisotopic (exact) mass is 362 g/mol. The predicted octanol–water partition coefficient (Wildman–Crippen LogP) is 3.28. The summed E-state index contributed by atoms with van der Waals surface area (Å²) in [5.74, 6) is 0.235. The Kier molecular flexibility index (Phi) is 5.27. The molecule has 2 N–H and O–H groups in total. The Hall–Kier alpha value is -1.69. The van der Waals surface area contributed by atoms with Crippen molar-refractivity contribution in [1.29, 1.82) is 0 Å². The zero-order chi connectivity index (χ0) is 18.0. The fourth-order valence-electron chi connectivity index (χ4n) is 3.07. The average Bonchev–Trinajstić information content (AvgIpc) is 3.39. The van der Waals surface area contributed by atoms with Crippen LogP contribution < -0.4 is 5.32 Å². The highest BCUT2D eigenvalue weighted by molar-refractivity contribution is 6.31. The van der Waals surface area contributed by atoms with Crippen LogP contribution in [0.25, 0.3) is 10.9 Å². The van der Waals surface area contributed by atoms with E-state index in [4.69, 9.17) is 16.3 Å². The first-order valence-corrected chi connectivity index (χ1v) is 8.86. The fourth-order valence-corrected chi connectivity index (χ4v) is 3.24. The van der Waals surface area contributed by atoms with Gasteiger partial charge < -0.3 is 15.2 Å². The number of hydrogen-bond acceptors (Lipinski definition) is 4. The molecule has 2 aromatic rings. The molecule has 1 unspecified atom stereocenters. The minimum Gasteiger partial charge on any atom is -0.396 e. The summed E-state index contributed by atoms with van der Waals surface area (Å²) in [4.78, 5) is 17.7. The Morgan fingerprint density at radius 3 is 2.84 bits per heavy atom. The van der Waals surface area contributed by atoms with Crippen LogP contribution in [0.3, 0.4) is 0 Å². The van der Waals surface area contributed by atoms with Crippen LogP contribution in [0.2, 0.25) is 5.02 Å². The number of pyridine rings is 1. The van der Waals surface area contributed by atoms with E-state index < -0.39 is 5.54 Å². The van der Waals surface area contributed by atoms with E-state index >= 15 is 0 Å². The molecule has 1 aliphatic rings. The lowest BCUT2D eigenvalue weighted by Crippen LogP contribution is -2.50. The van der Waals surface area contributed by atoms with E-state index in [-0.39, 0.29) is 12.5 Å². The number of carbonyl (C=O) groups is 1. The second-order valence-corrected chi connectivity index (χ2v) is 7.39. The van der Waals surface area contributed by atoms with E-state index in [1.165, 1.54) is 0 Å². The molecule has 0 aliphatic heterocycles. The van der Waals surface area contributed by atoms with Crippen molar-refractivity contribution < 1.29 is 14.6 Å². The quantitative estimate of drug-likeness (QED) is 0.792. The maximum Gasteiger partial charge on any atom is 0.252 e. The van der Waals surface area contributed by atoms with Gasteiger partial charge in [-0.25, -0.2) is 0 Å². The number of carbonyl (C=O) groups excluding carboxylic acids is 1. The number of benzene rings is 1.